The maximum atomic E-state index is 14.9. The van der Waals surface area contributed by atoms with Crippen LogP contribution in [0.5, 0.6) is 0 Å². The molecule has 3 aromatic rings. The lowest BCUT2D eigenvalue weighted by Gasteiger charge is -2.27. The SMILES string of the molecule is Cc1ccc(-c2ccc(-c3ccc(C4CCC(C)CC4)c(F)c3F)cc2)cc1. The molecule has 0 unspecified atom stereocenters. The van der Waals surface area contributed by atoms with Crippen LogP contribution in [0, 0.1) is 24.5 Å². The quantitative estimate of drug-likeness (QED) is 0.436. The van der Waals surface area contributed by atoms with Crippen LogP contribution < -0.4 is 0 Å². The van der Waals surface area contributed by atoms with Gasteiger partial charge in [-0.25, -0.2) is 8.78 Å². The molecule has 0 aromatic heterocycles. The van der Waals surface area contributed by atoms with Gasteiger partial charge in [0.2, 0.25) is 0 Å². The molecule has 1 aliphatic rings. The summed E-state index contributed by atoms with van der Waals surface area (Å²) < 4.78 is 29.7. The molecule has 0 spiro atoms. The number of hydrogen-bond acceptors (Lipinski definition) is 0. The Morgan fingerprint density at radius 2 is 1.18 bits per heavy atom. The zero-order valence-electron chi connectivity index (χ0n) is 16.5. The Bertz CT molecular complexity index is 947. The van der Waals surface area contributed by atoms with Gasteiger partial charge < -0.3 is 0 Å². The molecule has 0 saturated heterocycles. The second kappa shape index (κ2) is 7.87. The third-order valence-corrected chi connectivity index (χ3v) is 6.15. The fourth-order valence-electron chi connectivity index (χ4n) is 4.26. The van der Waals surface area contributed by atoms with Gasteiger partial charge in [0.05, 0.1) is 0 Å². The van der Waals surface area contributed by atoms with E-state index in [1.165, 1.54) is 5.56 Å². The van der Waals surface area contributed by atoms with Gasteiger partial charge in [-0.3, -0.25) is 0 Å². The third kappa shape index (κ3) is 3.73. The van der Waals surface area contributed by atoms with Crippen molar-refractivity contribution in [1.29, 1.82) is 0 Å². The van der Waals surface area contributed by atoms with Crippen LogP contribution in [0.4, 0.5) is 8.78 Å². The fraction of sp³-hybridized carbons (Fsp3) is 0.308. The molecule has 1 fully saturated rings. The largest absolute Gasteiger partial charge is 0.203 e. The lowest BCUT2D eigenvalue weighted by molar-refractivity contribution is 0.339. The van der Waals surface area contributed by atoms with Crippen LogP contribution in [0.2, 0.25) is 0 Å². The Morgan fingerprint density at radius 1 is 0.643 bits per heavy atom. The van der Waals surface area contributed by atoms with Gasteiger partial charge >= 0.3 is 0 Å². The van der Waals surface area contributed by atoms with Gasteiger partial charge in [-0.05, 0) is 53.9 Å². The van der Waals surface area contributed by atoms with Crippen LogP contribution in [0.15, 0.2) is 60.7 Å². The third-order valence-electron chi connectivity index (χ3n) is 6.15. The Balaban J connectivity index is 1.60. The van der Waals surface area contributed by atoms with E-state index in [9.17, 15) is 8.78 Å². The molecule has 0 amide bonds. The van der Waals surface area contributed by atoms with Gasteiger partial charge in [0.15, 0.2) is 11.6 Å². The number of aryl methyl sites for hydroxylation is 1. The molecule has 144 valence electrons. The highest BCUT2D eigenvalue weighted by molar-refractivity contribution is 5.71. The van der Waals surface area contributed by atoms with Crippen LogP contribution in [0.25, 0.3) is 22.3 Å². The molecule has 0 aliphatic heterocycles. The summed E-state index contributed by atoms with van der Waals surface area (Å²) in [6.07, 6.45) is 4.08. The lowest BCUT2D eigenvalue weighted by Crippen LogP contribution is -2.13. The summed E-state index contributed by atoms with van der Waals surface area (Å²) in [6.45, 7) is 4.29. The highest BCUT2D eigenvalue weighted by Gasteiger charge is 2.25. The number of benzene rings is 3. The van der Waals surface area contributed by atoms with Crippen molar-refractivity contribution in [2.24, 2.45) is 5.92 Å². The van der Waals surface area contributed by atoms with E-state index >= 15 is 0 Å². The van der Waals surface area contributed by atoms with Gasteiger partial charge in [-0.15, -0.1) is 0 Å². The first kappa shape index (κ1) is 18.9. The second-order valence-electron chi connectivity index (χ2n) is 8.23. The van der Waals surface area contributed by atoms with Crippen molar-refractivity contribution in [1.82, 2.24) is 0 Å². The van der Waals surface area contributed by atoms with Gasteiger partial charge in [0.1, 0.15) is 0 Å². The van der Waals surface area contributed by atoms with E-state index in [0.29, 0.717) is 22.6 Å². The molecular weight excluding hydrogens is 350 g/mol. The molecule has 0 N–H and O–H groups in total. The normalized spacial score (nSPS) is 19.6. The molecule has 1 saturated carbocycles. The molecule has 1 aliphatic carbocycles. The van der Waals surface area contributed by atoms with E-state index in [1.807, 2.05) is 24.3 Å². The predicted octanol–water partition coefficient (Wildman–Crippen LogP) is 7.90. The van der Waals surface area contributed by atoms with Crippen molar-refractivity contribution in [3.8, 4) is 22.3 Å². The van der Waals surface area contributed by atoms with Gasteiger partial charge in [0.25, 0.3) is 0 Å². The van der Waals surface area contributed by atoms with Crippen molar-refractivity contribution in [2.45, 2.75) is 45.4 Å². The minimum absolute atomic E-state index is 0.142. The summed E-state index contributed by atoms with van der Waals surface area (Å²) in [4.78, 5) is 0. The summed E-state index contributed by atoms with van der Waals surface area (Å²) >= 11 is 0. The van der Waals surface area contributed by atoms with Crippen molar-refractivity contribution < 1.29 is 8.78 Å². The number of halogens is 2. The monoisotopic (exact) mass is 376 g/mol. The van der Waals surface area contributed by atoms with E-state index in [0.717, 1.165) is 36.8 Å². The molecular formula is C26H26F2. The van der Waals surface area contributed by atoms with E-state index in [-0.39, 0.29) is 5.92 Å². The fourth-order valence-corrected chi connectivity index (χ4v) is 4.26. The average molecular weight is 376 g/mol. The Labute approximate surface area is 166 Å². The highest BCUT2D eigenvalue weighted by Crippen LogP contribution is 2.38. The first-order chi connectivity index (χ1) is 13.5. The standard InChI is InChI=1S/C26H26F2/c1-17-3-7-19(8-4-17)20-11-13-22(14-12-20)24-16-15-23(25(27)26(24)28)21-9-5-18(2)6-10-21/h3-4,7-8,11-16,18,21H,5-6,9-10H2,1-2H3. The Hall–Kier alpha value is -2.48. The van der Waals surface area contributed by atoms with Crippen molar-refractivity contribution >= 4 is 0 Å². The summed E-state index contributed by atoms with van der Waals surface area (Å²) in [5.74, 6) is -0.557. The Kier molecular flexibility index (Phi) is 5.30. The lowest BCUT2D eigenvalue weighted by atomic mass is 9.79. The summed E-state index contributed by atoms with van der Waals surface area (Å²) in [6, 6.07) is 19.5. The maximum Gasteiger partial charge on any atom is 0.166 e. The summed E-state index contributed by atoms with van der Waals surface area (Å²) in [5.41, 5.74) is 4.98. The van der Waals surface area contributed by atoms with Gasteiger partial charge in [0, 0.05) is 5.56 Å². The minimum atomic E-state index is -0.723. The van der Waals surface area contributed by atoms with Crippen LogP contribution >= 0.6 is 0 Å². The molecule has 0 nitrogen and oxygen atoms in total. The van der Waals surface area contributed by atoms with Crippen molar-refractivity contribution in [3.63, 3.8) is 0 Å². The molecule has 28 heavy (non-hydrogen) atoms. The molecule has 0 atom stereocenters. The number of hydrogen-bond donors (Lipinski definition) is 0. The zero-order chi connectivity index (χ0) is 19.7. The molecule has 2 heteroatoms. The maximum absolute atomic E-state index is 14.9. The molecule has 0 radical (unpaired) electrons. The predicted molar refractivity (Wildman–Crippen MR) is 112 cm³/mol. The van der Waals surface area contributed by atoms with Crippen LogP contribution in [0.1, 0.15) is 49.7 Å². The van der Waals surface area contributed by atoms with Crippen LogP contribution in [-0.4, -0.2) is 0 Å². The second-order valence-corrected chi connectivity index (χ2v) is 8.23. The van der Waals surface area contributed by atoms with Crippen LogP contribution in [-0.2, 0) is 0 Å². The average Bonchev–Trinajstić information content (AvgIpc) is 2.72. The summed E-state index contributed by atoms with van der Waals surface area (Å²) in [5, 5.41) is 0. The van der Waals surface area contributed by atoms with Gasteiger partial charge in [-0.2, -0.15) is 0 Å². The number of rotatable bonds is 3. The Morgan fingerprint density at radius 3 is 1.79 bits per heavy atom. The van der Waals surface area contributed by atoms with Crippen molar-refractivity contribution in [2.75, 3.05) is 0 Å². The topological polar surface area (TPSA) is 0 Å². The first-order valence-corrected chi connectivity index (χ1v) is 10.2. The van der Waals surface area contributed by atoms with Gasteiger partial charge in [-0.1, -0.05) is 86.0 Å². The highest BCUT2D eigenvalue weighted by atomic mass is 19.2. The zero-order valence-corrected chi connectivity index (χ0v) is 16.5. The van der Waals surface area contributed by atoms with E-state index in [1.54, 1.807) is 12.1 Å². The molecule has 3 aromatic carbocycles. The van der Waals surface area contributed by atoms with Crippen LogP contribution in [0.3, 0.4) is 0 Å². The van der Waals surface area contributed by atoms with E-state index in [2.05, 4.69) is 38.1 Å². The first-order valence-electron chi connectivity index (χ1n) is 10.2. The van der Waals surface area contributed by atoms with Crippen molar-refractivity contribution in [3.05, 3.63) is 83.4 Å². The minimum Gasteiger partial charge on any atom is -0.203 e. The summed E-state index contributed by atoms with van der Waals surface area (Å²) in [7, 11) is 0. The molecule has 4 rings (SSSR count). The van der Waals surface area contributed by atoms with E-state index in [4.69, 9.17) is 0 Å². The van der Waals surface area contributed by atoms with E-state index < -0.39 is 11.6 Å². The molecule has 0 bridgehead atoms. The smallest absolute Gasteiger partial charge is 0.166 e. The molecule has 0 heterocycles.